The maximum atomic E-state index is 13.5. The number of carbonyl (C=O) groups excluding carboxylic acids is 1. The van der Waals surface area contributed by atoms with E-state index in [1.54, 1.807) is 21.8 Å². The van der Waals surface area contributed by atoms with E-state index in [-0.39, 0.29) is 42.7 Å². The number of hydrogen-bond donors (Lipinski definition) is 4. The van der Waals surface area contributed by atoms with Crippen LogP contribution < -0.4 is 15.4 Å². The molecule has 0 radical (unpaired) electrons. The summed E-state index contributed by atoms with van der Waals surface area (Å²) in [5.41, 5.74) is 4.19. The molecular formula is C35H44N10O5. The number of pyridine rings is 1. The Hall–Kier alpha value is -5.28. The van der Waals surface area contributed by atoms with E-state index in [1.807, 2.05) is 36.5 Å². The number of aliphatic hydroxyl groups is 1. The number of nitrogens with zero attached hydrogens (tertiary/aromatic N) is 8. The molecule has 1 aromatic carbocycles. The maximum absolute atomic E-state index is 13.5. The molecule has 1 fully saturated rings. The third kappa shape index (κ3) is 7.33. The van der Waals surface area contributed by atoms with Gasteiger partial charge in [-0.1, -0.05) is 45.0 Å². The molecule has 3 unspecified atom stereocenters. The van der Waals surface area contributed by atoms with Crippen molar-refractivity contribution in [3.63, 3.8) is 0 Å². The molecule has 1 aliphatic heterocycles. The molecule has 1 saturated heterocycles. The number of fused-ring (bicyclic) bond motifs is 2. The zero-order chi connectivity index (χ0) is 35.4. The van der Waals surface area contributed by atoms with Gasteiger partial charge >= 0.3 is 6.03 Å². The van der Waals surface area contributed by atoms with E-state index in [0.29, 0.717) is 24.5 Å². The highest BCUT2D eigenvalue weighted by Gasteiger charge is 2.31. The first-order chi connectivity index (χ1) is 24.1. The number of urea groups is 1. The predicted molar refractivity (Wildman–Crippen MR) is 185 cm³/mol. The van der Waals surface area contributed by atoms with E-state index in [2.05, 4.69) is 75.2 Å². The molecule has 0 bridgehead atoms. The van der Waals surface area contributed by atoms with E-state index in [9.17, 15) is 9.90 Å². The number of ether oxygens (including phenoxy) is 1. The number of aromatic nitrogens is 7. The lowest BCUT2D eigenvalue weighted by Gasteiger charge is -2.32. The Morgan fingerprint density at radius 2 is 1.86 bits per heavy atom. The standard InChI is InChI=1S/C34H42N10O3.CH2O2/c1-34(2,3)29-18-31(44(40-29)22-19-35-42(20-22)16-17-45)37-33(46)36-26-12-13-28(25-9-6-5-8-24(25)26)47-23-11-14-30-38-39-32(43(30)21-23)27-10-7-15-41(27)4;2-1-3/h5-6,8-9,11,14,18-21,26-28,45H,7,10,12-13,15-17H2,1-4H3,(H2,36,37,46);1H,(H,2,3). The second kappa shape index (κ2) is 14.7. The number of amides is 2. The smallest absolute Gasteiger partial charge is 0.320 e. The lowest BCUT2D eigenvalue weighted by Crippen LogP contribution is -2.36. The van der Waals surface area contributed by atoms with Gasteiger partial charge in [-0.3, -0.25) is 24.1 Å². The van der Waals surface area contributed by atoms with Crippen LogP contribution in [0.5, 0.6) is 5.75 Å². The molecule has 0 spiro atoms. The monoisotopic (exact) mass is 684 g/mol. The number of likely N-dealkylation sites (tertiary alicyclic amines) is 1. The normalized spacial score (nSPS) is 19.0. The summed E-state index contributed by atoms with van der Waals surface area (Å²) in [6, 6.07) is 13.7. The number of carbonyl (C=O) groups is 2. The van der Waals surface area contributed by atoms with Crippen molar-refractivity contribution in [2.75, 3.05) is 25.5 Å². The minimum absolute atomic E-state index is 0.0216. The van der Waals surface area contributed by atoms with Gasteiger partial charge in [0.05, 0.1) is 49.5 Å². The molecular weight excluding hydrogens is 640 g/mol. The average Bonchev–Trinajstić information content (AvgIpc) is 3.89. The van der Waals surface area contributed by atoms with E-state index in [1.165, 1.54) is 0 Å². The molecule has 3 atom stereocenters. The minimum atomic E-state index is -0.323. The SMILES string of the molecule is CN1CCCC1c1nnc2ccc(OC3CCC(NC(=O)Nc4cc(C(C)(C)C)nn4-c4cnn(CCO)c4)c4ccccc43)cn12.O=CO. The van der Waals surface area contributed by atoms with Gasteiger partial charge in [-0.25, -0.2) is 9.48 Å². The van der Waals surface area contributed by atoms with Crippen LogP contribution in [0.1, 0.15) is 87.3 Å². The largest absolute Gasteiger partial charge is 0.484 e. The van der Waals surface area contributed by atoms with Crippen LogP contribution in [0.4, 0.5) is 10.6 Å². The molecule has 264 valence electrons. The fraction of sp³-hybridized carbons (Fsp3) is 0.429. The van der Waals surface area contributed by atoms with Crippen molar-refractivity contribution < 1.29 is 24.5 Å². The summed E-state index contributed by atoms with van der Waals surface area (Å²) in [6.45, 7) is 7.39. The maximum Gasteiger partial charge on any atom is 0.320 e. The van der Waals surface area contributed by atoms with Crippen molar-refractivity contribution in [3.8, 4) is 11.4 Å². The fourth-order valence-electron chi connectivity index (χ4n) is 6.64. The van der Waals surface area contributed by atoms with E-state index in [0.717, 1.165) is 59.8 Å². The molecule has 4 N–H and O–H groups in total. The highest BCUT2D eigenvalue weighted by Crippen LogP contribution is 2.39. The van der Waals surface area contributed by atoms with Crippen molar-refractivity contribution in [1.82, 2.24) is 44.4 Å². The Labute approximate surface area is 289 Å². The molecule has 5 aromatic rings. The fourth-order valence-corrected chi connectivity index (χ4v) is 6.64. The van der Waals surface area contributed by atoms with Crippen LogP contribution in [0.25, 0.3) is 11.3 Å². The first-order valence-electron chi connectivity index (χ1n) is 16.8. The third-order valence-electron chi connectivity index (χ3n) is 9.15. The summed E-state index contributed by atoms with van der Waals surface area (Å²) in [5.74, 6) is 2.24. The molecule has 4 aromatic heterocycles. The lowest BCUT2D eigenvalue weighted by molar-refractivity contribution is -0.122. The van der Waals surface area contributed by atoms with E-state index < -0.39 is 0 Å². The Morgan fingerprint density at radius 1 is 1.08 bits per heavy atom. The Balaban J connectivity index is 0.00000139. The van der Waals surface area contributed by atoms with Crippen molar-refractivity contribution in [3.05, 3.63) is 83.7 Å². The molecule has 15 nitrogen and oxygen atoms in total. The van der Waals surface area contributed by atoms with Crippen molar-refractivity contribution >= 4 is 24.0 Å². The van der Waals surface area contributed by atoms with Crippen molar-refractivity contribution in [2.45, 2.75) is 76.6 Å². The number of rotatable bonds is 8. The number of carboxylic acid groups (broad SMARTS) is 1. The third-order valence-corrected chi connectivity index (χ3v) is 9.15. The second-order valence-corrected chi connectivity index (χ2v) is 13.6. The Morgan fingerprint density at radius 3 is 2.58 bits per heavy atom. The first kappa shape index (κ1) is 34.6. The first-order valence-corrected chi connectivity index (χ1v) is 16.8. The summed E-state index contributed by atoms with van der Waals surface area (Å²) in [5, 5.41) is 40.5. The molecule has 2 aliphatic rings. The van der Waals surface area contributed by atoms with Gasteiger partial charge in [0.25, 0.3) is 6.47 Å². The molecule has 15 heteroatoms. The van der Waals surface area contributed by atoms with Crippen LogP contribution in [0.15, 0.2) is 61.1 Å². The number of benzene rings is 1. The zero-order valence-electron chi connectivity index (χ0n) is 28.7. The topological polar surface area (TPSA) is 177 Å². The number of aliphatic hydroxyl groups excluding tert-OH is 1. The van der Waals surface area contributed by atoms with Gasteiger partial charge in [0, 0.05) is 11.5 Å². The highest BCUT2D eigenvalue weighted by molar-refractivity contribution is 5.89. The van der Waals surface area contributed by atoms with E-state index in [4.69, 9.17) is 19.7 Å². The van der Waals surface area contributed by atoms with Crippen LogP contribution in [0.3, 0.4) is 0 Å². The van der Waals surface area contributed by atoms with Gasteiger partial charge in [-0.15, -0.1) is 10.2 Å². The Bertz CT molecular complexity index is 1940. The van der Waals surface area contributed by atoms with E-state index >= 15 is 0 Å². The van der Waals surface area contributed by atoms with Crippen LogP contribution in [0, 0.1) is 0 Å². The van der Waals surface area contributed by atoms with Gasteiger partial charge in [-0.05, 0) is 62.5 Å². The van der Waals surface area contributed by atoms with Gasteiger partial charge in [0.15, 0.2) is 11.5 Å². The molecule has 2 amide bonds. The van der Waals surface area contributed by atoms with Crippen LogP contribution >= 0.6 is 0 Å². The van der Waals surface area contributed by atoms with Crippen LogP contribution in [-0.2, 0) is 16.8 Å². The van der Waals surface area contributed by atoms with Crippen molar-refractivity contribution in [1.29, 1.82) is 0 Å². The minimum Gasteiger partial charge on any atom is -0.484 e. The van der Waals surface area contributed by atoms with Crippen LogP contribution in [-0.4, -0.2) is 82.0 Å². The molecule has 7 rings (SSSR count). The number of nitrogens with one attached hydrogen (secondary N) is 2. The average molecular weight is 685 g/mol. The molecule has 0 saturated carbocycles. The summed E-state index contributed by atoms with van der Waals surface area (Å²) < 4.78 is 12.0. The number of anilines is 1. The van der Waals surface area contributed by atoms with Gasteiger partial charge < -0.3 is 20.3 Å². The summed E-state index contributed by atoms with van der Waals surface area (Å²) >= 11 is 0. The van der Waals surface area contributed by atoms with Crippen LogP contribution in [0.2, 0.25) is 0 Å². The van der Waals surface area contributed by atoms with Gasteiger partial charge in [0.2, 0.25) is 0 Å². The second-order valence-electron chi connectivity index (χ2n) is 13.6. The summed E-state index contributed by atoms with van der Waals surface area (Å²) in [4.78, 5) is 24.2. The number of hydrogen-bond acceptors (Lipinski definition) is 9. The quantitative estimate of drug-likeness (QED) is 0.168. The predicted octanol–water partition coefficient (Wildman–Crippen LogP) is 4.65. The summed E-state index contributed by atoms with van der Waals surface area (Å²) in [6.07, 6.45) is 8.96. The lowest BCUT2D eigenvalue weighted by atomic mass is 9.85. The zero-order valence-corrected chi connectivity index (χ0v) is 28.7. The van der Waals surface area contributed by atoms with Gasteiger partial charge in [-0.2, -0.15) is 10.2 Å². The molecule has 5 heterocycles. The van der Waals surface area contributed by atoms with Crippen molar-refractivity contribution in [2.24, 2.45) is 0 Å². The summed E-state index contributed by atoms with van der Waals surface area (Å²) in [7, 11) is 2.13. The van der Waals surface area contributed by atoms with Gasteiger partial charge in [0.1, 0.15) is 23.4 Å². The highest BCUT2D eigenvalue weighted by atomic mass is 16.5. The Kier molecular flexibility index (Phi) is 10.2. The molecule has 1 aliphatic carbocycles. The molecule has 50 heavy (non-hydrogen) atoms.